The second-order valence-corrected chi connectivity index (χ2v) is 5.34. The van der Waals surface area contributed by atoms with Crippen molar-refractivity contribution in [2.24, 2.45) is 0 Å². The Balaban J connectivity index is 2.12. The lowest BCUT2D eigenvalue weighted by Crippen LogP contribution is -2.11. The largest absolute Gasteiger partial charge is 0.497 e. The summed E-state index contributed by atoms with van der Waals surface area (Å²) in [6, 6.07) is 11.7. The topological polar surface area (TPSA) is 90.7 Å². The average molecular weight is 340 g/mol. The van der Waals surface area contributed by atoms with Crippen molar-refractivity contribution < 1.29 is 24.2 Å². The third kappa shape index (κ3) is 3.16. The fourth-order valence-corrected chi connectivity index (χ4v) is 2.58. The van der Waals surface area contributed by atoms with Crippen LogP contribution in [0.5, 0.6) is 11.5 Å². The van der Waals surface area contributed by atoms with Crippen LogP contribution in [0.3, 0.4) is 0 Å². The van der Waals surface area contributed by atoms with E-state index in [4.69, 9.17) is 14.6 Å². The summed E-state index contributed by atoms with van der Waals surface area (Å²) in [4.78, 5) is 23.9. The van der Waals surface area contributed by atoms with E-state index in [-0.39, 0.29) is 18.0 Å². The predicted molar refractivity (Wildman–Crippen MR) is 90.3 cm³/mol. The van der Waals surface area contributed by atoms with Crippen molar-refractivity contribution in [1.29, 1.82) is 0 Å². The molecule has 1 N–H and O–H groups in total. The molecule has 7 nitrogen and oxygen atoms in total. The second-order valence-electron chi connectivity index (χ2n) is 5.34. The van der Waals surface area contributed by atoms with Crippen LogP contribution in [0, 0.1) is 0 Å². The zero-order valence-electron chi connectivity index (χ0n) is 13.7. The molecule has 0 spiro atoms. The Kier molecular flexibility index (Phi) is 4.38. The van der Waals surface area contributed by atoms with Crippen LogP contribution in [0.4, 0.5) is 0 Å². The number of benzene rings is 2. The lowest BCUT2D eigenvalue weighted by molar-refractivity contribution is -0.137. The van der Waals surface area contributed by atoms with E-state index in [0.717, 1.165) is 0 Å². The van der Waals surface area contributed by atoms with Crippen LogP contribution in [0.25, 0.3) is 10.9 Å². The number of hydrogen-bond donors (Lipinski definition) is 1. The number of carboxylic acids is 1. The van der Waals surface area contributed by atoms with Gasteiger partial charge in [-0.25, -0.2) is 0 Å². The first kappa shape index (κ1) is 16.5. The first-order valence-electron chi connectivity index (χ1n) is 7.48. The van der Waals surface area contributed by atoms with Gasteiger partial charge in [0.05, 0.1) is 19.7 Å². The summed E-state index contributed by atoms with van der Waals surface area (Å²) in [7, 11) is 3.07. The van der Waals surface area contributed by atoms with Crippen LogP contribution in [0.1, 0.15) is 16.1 Å². The number of nitrogens with zero attached hydrogens (tertiary/aromatic N) is 2. The van der Waals surface area contributed by atoms with Gasteiger partial charge in [0.15, 0.2) is 0 Å². The van der Waals surface area contributed by atoms with Crippen molar-refractivity contribution in [3.05, 3.63) is 53.7 Å². The first-order valence-corrected chi connectivity index (χ1v) is 7.48. The molecule has 3 aromatic rings. The number of ketones is 1. The average Bonchev–Trinajstić information content (AvgIpc) is 2.98. The molecule has 0 radical (unpaired) electrons. The van der Waals surface area contributed by atoms with Crippen molar-refractivity contribution in [2.75, 3.05) is 14.2 Å². The van der Waals surface area contributed by atoms with Crippen LogP contribution in [-0.2, 0) is 11.3 Å². The monoisotopic (exact) mass is 340 g/mol. The highest BCUT2D eigenvalue weighted by Gasteiger charge is 2.20. The maximum atomic E-state index is 12.9. The van der Waals surface area contributed by atoms with E-state index >= 15 is 0 Å². The lowest BCUT2D eigenvalue weighted by atomic mass is 10.0. The molecule has 7 heteroatoms. The van der Waals surface area contributed by atoms with Crippen molar-refractivity contribution in [2.45, 2.75) is 6.54 Å². The quantitative estimate of drug-likeness (QED) is 0.693. The molecule has 0 amide bonds. The molecule has 0 atom stereocenters. The number of fused-ring (bicyclic) bond motifs is 1. The van der Waals surface area contributed by atoms with E-state index < -0.39 is 5.97 Å². The zero-order chi connectivity index (χ0) is 18.0. The van der Waals surface area contributed by atoms with Crippen molar-refractivity contribution >= 4 is 22.7 Å². The van der Waals surface area contributed by atoms with E-state index in [9.17, 15) is 9.59 Å². The fraction of sp³-hybridized carbons (Fsp3) is 0.167. The summed E-state index contributed by atoms with van der Waals surface area (Å²) in [6.45, 7) is -0.335. The molecule has 0 aliphatic heterocycles. The van der Waals surface area contributed by atoms with Gasteiger partial charge in [0.1, 0.15) is 23.7 Å². The summed E-state index contributed by atoms with van der Waals surface area (Å²) in [5.74, 6) is -0.139. The van der Waals surface area contributed by atoms with Gasteiger partial charge in [0.25, 0.3) is 0 Å². The molecule has 0 saturated carbocycles. The summed E-state index contributed by atoms with van der Waals surface area (Å²) in [5.41, 5.74) is 1.17. The van der Waals surface area contributed by atoms with Gasteiger partial charge in [-0.3, -0.25) is 14.3 Å². The SMILES string of the molecule is COc1ccc(C(=O)c2nn(CC(=O)O)c3ccc(OC)cc23)cc1. The molecule has 1 heterocycles. The fourth-order valence-electron chi connectivity index (χ4n) is 2.58. The summed E-state index contributed by atoms with van der Waals surface area (Å²) in [6.07, 6.45) is 0. The number of aromatic nitrogens is 2. The Morgan fingerprint density at radius 1 is 1.04 bits per heavy atom. The van der Waals surface area contributed by atoms with E-state index in [1.54, 1.807) is 49.6 Å². The molecule has 0 fully saturated rings. The van der Waals surface area contributed by atoms with Crippen molar-refractivity contribution in [1.82, 2.24) is 9.78 Å². The van der Waals surface area contributed by atoms with Crippen LogP contribution < -0.4 is 9.47 Å². The number of hydrogen-bond acceptors (Lipinski definition) is 5. The normalized spacial score (nSPS) is 10.6. The highest BCUT2D eigenvalue weighted by molar-refractivity contribution is 6.15. The number of carboxylic acid groups (broad SMARTS) is 1. The lowest BCUT2D eigenvalue weighted by Gasteiger charge is -2.02. The third-order valence-electron chi connectivity index (χ3n) is 3.81. The second kappa shape index (κ2) is 6.64. The number of ether oxygens (including phenoxy) is 2. The van der Waals surface area contributed by atoms with Gasteiger partial charge in [-0.05, 0) is 42.5 Å². The smallest absolute Gasteiger partial charge is 0.325 e. The Bertz CT molecular complexity index is 944. The molecule has 2 aromatic carbocycles. The maximum absolute atomic E-state index is 12.9. The number of methoxy groups -OCH3 is 2. The van der Waals surface area contributed by atoms with E-state index in [1.807, 2.05) is 0 Å². The number of aliphatic carboxylic acids is 1. The molecule has 0 bridgehead atoms. The van der Waals surface area contributed by atoms with Gasteiger partial charge < -0.3 is 14.6 Å². The molecule has 0 aliphatic rings. The maximum Gasteiger partial charge on any atom is 0.325 e. The highest BCUT2D eigenvalue weighted by atomic mass is 16.5. The Morgan fingerprint density at radius 3 is 2.28 bits per heavy atom. The number of carbonyl (C=O) groups excluding carboxylic acids is 1. The van der Waals surface area contributed by atoms with Gasteiger partial charge in [-0.1, -0.05) is 0 Å². The molecule has 0 saturated heterocycles. The Morgan fingerprint density at radius 2 is 1.68 bits per heavy atom. The van der Waals surface area contributed by atoms with Gasteiger partial charge in [-0.15, -0.1) is 0 Å². The van der Waals surface area contributed by atoms with Crippen LogP contribution in [0.15, 0.2) is 42.5 Å². The summed E-state index contributed by atoms with van der Waals surface area (Å²) in [5, 5.41) is 13.8. The third-order valence-corrected chi connectivity index (χ3v) is 3.81. The standard InChI is InChI=1S/C18H16N2O5/c1-24-12-5-3-11(4-6-12)18(23)17-14-9-13(25-2)7-8-15(14)20(19-17)10-16(21)22/h3-9H,10H2,1-2H3,(H,21,22). The summed E-state index contributed by atoms with van der Waals surface area (Å²) < 4.78 is 11.6. The van der Waals surface area contributed by atoms with E-state index in [1.165, 1.54) is 11.8 Å². The highest BCUT2D eigenvalue weighted by Crippen LogP contribution is 2.26. The van der Waals surface area contributed by atoms with Crippen molar-refractivity contribution in [3.63, 3.8) is 0 Å². The minimum atomic E-state index is -1.04. The molecule has 0 aliphatic carbocycles. The number of carbonyl (C=O) groups is 2. The van der Waals surface area contributed by atoms with Crippen LogP contribution in [0.2, 0.25) is 0 Å². The van der Waals surface area contributed by atoms with Gasteiger partial charge >= 0.3 is 5.97 Å². The molecule has 1 aromatic heterocycles. The molecule has 0 unspecified atom stereocenters. The van der Waals surface area contributed by atoms with Crippen molar-refractivity contribution in [3.8, 4) is 11.5 Å². The summed E-state index contributed by atoms with van der Waals surface area (Å²) >= 11 is 0. The molecular weight excluding hydrogens is 324 g/mol. The van der Waals surface area contributed by atoms with Gasteiger partial charge in [0, 0.05) is 10.9 Å². The van der Waals surface area contributed by atoms with Crippen LogP contribution >= 0.6 is 0 Å². The molecule has 25 heavy (non-hydrogen) atoms. The Labute approximate surface area is 143 Å². The minimum absolute atomic E-state index is 0.181. The van der Waals surface area contributed by atoms with E-state index in [2.05, 4.69) is 5.10 Å². The number of rotatable bonds is 6. The predicted octanol–water partition coefficient (Wildman–Crippen LogP) is 2.37. The van der Waals surface area contributed by atoms with E-state index in [0.29, 0.717) is 28.0 Å². The van der Waals surface area contributed by atoms with Gasteiger partial charge in [-0.2, -0.15) is 5.10 Å². The zero-order valence-corrected chi connectivity index (χ0v) is 13.7. The molecular formula is C18H16N2O5. The molecule has 3 rings (SSSR count). The first-order chi connectivity index (χ1) is 12.0. The minimum Gasteiger partial charge on any atom is -0.497 e. The Hall–Kier alpha value is -3.35. The molecule has 128 valence electrons. The van der Waals surface area contributed by atoms with Gasteiger partial charge in [0.2, 0.25) is 5.78 Å². The van der Waals surface area contributed by atoms with Crippen LogP contribution in [-0.4, -0.2) is 40.9 Å².